The van der Waals surface area contributed by atoms with E-state index in [1.54, 1.807) is 12.1 Å². The second-order valence-corrected chi connectivity index (χ2v) is 8.84. The van der Waals surface area contributed by atoms with Crippen LogP contribution in [0.1, 0.15) is 6.42 Å². The average molecular weight is 484 g/mol. The maximum absolute atomic E-state index is 12.8. The van der Waals surface area contributed by atoms with Crippen molar-refractivity contribution >= 4 is 72.6 Å². The molecule has 0 radical (unpaired) electrons. The number of hydrogen-bond donors (Lipinski definition) is 1. The molecule has 1 amide bonds. The molecule has 2 saturated carbocycles. The van der Waals surface area contributed by atoms with Crippen LogP contribution in [-0.4, -0.2) is 22.8 Å². The van der Waals surface area contributed by atoms with E-state index in [2.05, 4.69) is 37.2 Å². The number of ether oxygens (including phenoxy) is 1. The van der Waals surface area contributed by atoms with Crippen molar-refractivity contribution < 1.29 is 14.3 Å². The van der Waals surface area contributed by atoms with Crippen molar-refractivity contribution in [3.8, 4) is 0 Å². The van der Waals surface area contributed by atoms with Crippen LogP contribution in [0.2, 0.25) is 10.0 Å². The third-order valence-electron chi connectivity index (χ3n) is 5.12. The molecule has 3 aliphatic rings. The van der Waals surface area contributed by atoms with Crippen molar-refractivity contribution in [1.82, 2.24) is 0 Å². The highest BCUT2D eigenvalue weighted by molar-refractivity contribution is 9.10. The molecule has 122 valence electrons. The Morgan fingerprint density at radius 2 is 2.00 bits per heavy atom. The lowest BCUT2D eigenvalue weighted by Gasteiger charge is -2.27. The third kappa shape index (κ3) is 2.29. The number of rotatable bonds is 2. The van der Waals surface area contributed by atoms with E-state index in [4.69, 9.17) is 27.9 Å². The van der Waals surface area contributed by atoms with E-state index < -0.39 is 5.92 Å². The normalized spacial score (nSPS) is 37.1. The van der Waals surface area contributed by atoms with E-state index in [1.165, 1.54) is 0 Å². The largest absolute Gasteiger partial charge is 0.461 e. The van der Waals surface area contributed by atoms with Gasteiger partial charge in [0.05, 0.1) is 32.4 Å². The van der Waals surface area contributed by atoms with Gasteiger partial charge in [0, 0.05) is 10.4 Å². The number of carbonyl (C=O) groups is 2. The summed E-state index contributed by atoms with van der Waals surface area (Å²) in [6, 6.07) is 3.41. The van der Waals surface area contributed by atoms with Gasteiger partial charge in [-0.05, 0) is 40.4 Å². The van der Waals surface area contributed by atoms with Crippen molar-refractivity contribution in [1.29, 1.82) is 0 Å². The first-order valence-electron chi connectivity index (χ1n) is 7.19. The lowest BCUT2D eigenvalue weighted by molar-refractivity contribution is -0.145. The quantitative estimate of drug-likeness (QED) is 0.388. The number of anilines is 1. The second kappa shape index (κ2) is 5.61. The van der Waals surface area contributed by atoms with Crippen LogP contribution >= 0.6 is 55.1 Å². The van der Waals surface area contributed by atoms with E-state index in [9.17, 15) is 9.59 Å². The minimum absolute atomic E-state index is 0.0370. The number of esters is 1. The zero-order valence-electron chi connectivity index (χ0n) is 11.6. The Bertz CT molecular complexity index is 729. The number of halogens is 4. The molecule has 1 aromatic rings. The molecular formula is C15H11Br2Cl2NO3. The van der Waals surface area contributed by atoms with E-state index in [0.717, 1.165) is 6.42 Å². The topological polar surface area (TPSA) is 55.4 Å². The Kier molecular flexibility index (Phi) is 3.95. The Balaban J connectivity index is 1.61. The van der Waals surface area contributed by atoms with Crippen molar-refractivity contribution in [2.24, 2.45) is 23.7 Å². The maximum Gasteiger partial charge on any atom is 0.310 e. The summed E-state index contributed by atoms with van der Waals surface area (Å²) in [5.74, 6) is -0.963. The minimum Gasteiger partial charge on any atom is -0.461 e. The SMILES string of the molecule is O=C(Nc1ccc(Br)c(Cl)c1Cl)[C@@H]1[C@@H]2C[C@H]3[C@H](OC(=O)[C@@H]31)[C@@H]2Br. The Hall–Kier alpha value is -0.300. The fraction of sp³-hybridized carbons (Fsp3) is 0.467. The maximum atomic E-state index is 12.8. The van der Waals surface area contributed by atoms with Gasteiger partial charge in [-0.2, -0.15) is 0 Å². The van der Waals surface area contributed by atoms with Crippen LogP contribution in [0.3, 0.4) is 0 Å². The van der Waals surface area contributed by atoms with Gasteiger partial charge in [0.2, 0.25) is 5.91 Å². The molecule has 8 heteroatoms. The lowest BCUT2D eigenvalue weighted by atomic mass is 9.79. The first kappa shape index (κ1) is 16.2. The molecule has 4 rings (SSSR count). The van der Waals surface area contributed by atoms with Gasteiger partial charge in [0.1, 0.15) is 6.10 Å². The molecule has 2 aliphatic carbocycles. The van der Waals surface area contributed by atoms with Gasteiger partial charge in [-0.1, -0.05) is 39.1 Å². The molecule has 4 nitrogen and oxygen atoms in total. The molecule has 2 bridgehead atoms. The third-order valence-corrected chi connectivity index (χ3v) is 8.09. The zero-order chi connectivity index (χ0) is 16.5. The van der Waals surface area contributed by atoms with Crippen molar-refractivity contribution in [2.45, 2.75) is 17.4 Å². The highest BCUT2D eigenvalue weighted by Gasteiger charge is 2.67. The van der Waals surface area contributed by atoms with E-state index >= 15 is 0 Å². The van der Waals surface area contributed by atoms with Crippen LogP contribution in [-0.2, 0) is 14.3 Å². The molecule has 0 spiro atoms. The molecule has 1 aliphatic heterocycles. The molecular weight excluding hydrogens is 473 g/mol. The molecule has 0 aromatic heterocycles. The van der Waals surface area contributed by atoms with Crippen LogP contribution in [0.5, 0.6) is 0 Å². The van der Waals surface area contributed by atoms with Crippen LogP contribution in [0.15, 0.2) is 16.6 Å². The van der Waals surface area contributed by atoms with E-state index in [-0.39, 0.29) is 45.6 Å². The van der Waals surface area contributed by atoms with Crippen LogP contribution in [0, 0.1) is 23.7 Å². The first-order chi connectivity index (χ1) is 10.9. The smallest absolute Gasteiger partial charge is 0.310 e. The van der Waals surface area contributed by atoms with Gasteiger partial charge >= 0.3 is 5.97 Å². The monoisotopic (exact) mass is 481 g/mol. The summed E-state index contributed by atoms with van der Waals surface area (Å²) in [7, 11) is 0. The molecule has 1 heterocycles. The van der Waals surface area contributed by atoms with Gasteiger partial charge in [-0.3, -0.25) is 9.59 Å². The highest BCUT2D eigenvalue weighted by Crippen LogP contribution is 2.60. The Labute approximate surface area is 159 Å². The summed E-state index contributed by atoms with van der Waals surface area (Å²) in [5, 5.41) is 3.45. The van der Waals surface area contributed by atoms with Crippen LogP contribution < -0.4 is 5.32 Å². The molecule has 1 aromatic carbocycles. The standard InChI is InChI=1S/C15H11Br2Cl2NO3/c16-6-1-2-7(12(19)11(6)18)20-14(21)8-4-3-5-9(8)15(22)23-13(5)10(4)17/h1-2,4-5,8-10,13H,3H2,(H,20,21)/t4-,5+,8+,9-,10+,13-/m0/s1. The van der Waals surface area contributed by atoms with E-state index in [0.29, 0.717) is 15.2 Å². The molecule has 6 atom stereocenters. The predicted molar refractivity (Wildman–Crippen MR) is 94.0 cm³/mol. The van der Waals surface area contributed by atoms with Gasteiger partial charge in [0.15, 0.2) is 0 Å². The number of amides is 1. The molecule has 1 saturated heterocycles. The van der Waals surface area contributed by atoms with E-state index in [1.807, 2.05) is 0 Å². The number of benzene rings is 1. The van der Waals surface area contributed by atoms with Gasteiger partial charge < -0.3 is 10.1 Å². The fourth-order valence-electron chi connectivity index (χ4n) is 4.17. The number of alkyl halides is 1. The summed E-state index contributed by atoms with van der Waals surface area (Å²) in [5.41, 5.74) is 0.446. The summed E-state index contributed by atoms with van der Waals surface area (Å²) in [4.78, 5) is 24.9. The lowest BCUT2D eigenvalue weighted by Crippen LogP contribution is -2.40. The molecule has 23 heavy (non-hydrogen) atoms. The number of carbonyl (C=O) groups excluding carboxylic acids is 2. The Morgan fingerprint density at radius 1 is 1.26 bits per heavy atom. The van der Waals surface area contributed by atoms with Crippen molar-refractivity contribution in [2.75, 3.05) is 5.32 Å². The first-order valence-corrected chi connectivity index (χ1v) is 9.65. The number of nitrogens with one attached hydrogen (secondary N) is 1. The molecule has 0 unspecified atom stereocenters. The second-order valence-electron chi connectivity index (χ2n) is 6.17. The minimum atomic E-state index is -0.394. The molecule has 3 fully saturated rings. The van der Waals surface area contributed by atoms with Crippen LogP contribution in [0.4, 0.5) is 5.69 Å². The van der Waals surface area contributed by atoms with Crippen molar-refractivity contribution in [3.63, 3.8) is 0 Å². The van der Waals surface area contributed by atoms with Gasteiger partial charge in [-0.15, -0.1) is 0 Å². The highest BCUT2D eigenvalue weighted by atomic mass is 79.9. The fourth-order valence-corrected chi connectivity index (χ4v) is 6.03. The summed E-state index contributed by atoms with van der Waals surface area (Å²) >= 11 is 19.2. The summed E-state index contributed by atoms with van der Waals surface area (Å²) in [6.45, 7) is 0. The van der Waals surface area contributed by atoms with Crippen molar-refractivity contribution in [3.05, 3.63) is 26.7 Å². The predicted octanol–water partition coefficient (Wildman–Crippen LogP) is 4.27. The molecule has 1 N–H and O–H groups in total. The number of hydrogen-bond acceptors (Lipinski definition) is 3. The Morgan fingerprint density at radius 3 is 2.74 bits per heavy atom. The van der Waals surface area contributed by atoms with Crippen LogP contribution in [0.25, 0.3) is 0 Å². The zero-order valence-corrected chi connectivity index (χ0v) is 16.2. The van der Waals surface area contributed by atoms with Gasteiger partial charge in [-0.25, -0.2) is 0 Å². The summed E-state index contributed by atoms with van der Waals surface area (Å²) < 4.78 is 6.08. The van der Waals surface area contributed by atoms with Gasteiger partial charge in [0.25, 0.3) is 0 Å². The summed E-state index contributed by atoms with van der Waals surface area (Å²) in [6.07, 6.45) is 0.747. The average Bonchev–Trinajstić information content (AvgIpc) is 3.12. The number of fused-ring (bicyclic) bond motifs is 1.